The molecule has 0 atom stereocenters. The summed E-state index contributed by atoms with van der Waals surface area (Å²) in [6.07, 6.45) is 1.53. The standard InChI is InChI=1S/C13H13ClN2O3S/c1-3-19-13(18)11-7(2)4-10(20-11)16-12(17)9-5-8(14)6-15-9/h4-6,15H,3H2,1-2H3,(H,16,17). The van der Waals surface area contributed by atoms with Gasteiger partial charge in [0.15, 0.2) is 0 Å². The molecule has 1 amide bonds. The van der Waals surface area contributed by atoms with Crippen molar-refractivity contribution in [1.82, 2.24) is 4.98 Å². The number of halogens is 1. The zero-order valence-corrected chi connectivity index (χ0v) is 12.5. The van der Waals surface area contributed by atoms with Crippen molar-refractivity contribution in [1.29, 1.82) is 0 Å². The van der Waals surface area contributed by atoms with E-state index >= 15 is 0 Å². The van der Waals surface area contributed by atoms with Gasteiger partial charge in [-0.25, -0.2) is 4.79 Å². The summed E-state index contributed by atoms with van der Waals surface area (Å²) >= 11 is 6.93. The first-order valence-corrected chi connectivity index (χ1v) is 7.13. The van der Waals surface area contributed by atoms with Crippen LogP contribution in [0.25, 0.3) is 0 Å². The smallest absolute Gasteiger partial charge is 0.348 e. The van der Waals surface area contributed by atoms with Crippen LogP contribution in [0.3, 0.4) is 0 Å². The molecule has 2 aromatic rings. The van der Waals surface area contributed by atoms with Crippen molar-refractivity contribution < 1.29 is 14.3 Å². The lowest BCUT2D eigenvalue weighted by molar-refractivity contribution is 0.0531. The highest BCUT2D eigenvalue weighted by Gasteiger charge is 2.16. The van der Waals surface area contributed by atoms with E-state index in [1.165, 1.54) is 23.6 Å². The number of ether oxygens (including phenoxy) is 1. The minimum Gasteiger partial charge on any atom is -0.462 e. The molecular formula is C13H13ClN2O3S. The molecule has 2 aromatic heterocycles. The number of hydrogen-bond acceptors (Lipinski definition) is 4. The van der Waals surface area contributed by atoms with Crippen LogP contribution in [-0.4, -0.2) is 23.5 Å². The molecule has 20 heavy (non-hydrogen) atoms. The Morgan fingerprint density at radius 1 is 1.45 bits per heavy atom. The molecule has 0 saturated carbocycles. The molecule has 0 aromatic carbocycles. The lowest BCUT2D eigenvalue weighted by Gasteiger charge is -2.00. The van der Waals surface area contributed by atoms with Crippen LogP contribution >= 0.6 is 22.9 Å². The summed E-state index contributed by atoms with van der Waals surface area (Å²) in [7, 11) is 0. The van der Waals surface area contributed by atoms with Crippen molar-refractivity contribution in [3.05, 3.63) is 39.5 Å². The van der Waals surface area contributed by atoms with E-state index in [1.807, 2.05) is 0 Å². The highest BCUT2D eigenvalue weighted by Crippen LogP contribution is 2.27. The van der Waals surface area contributed by atoms with Crippen LogP contribution in [0.4, 0.5) is 5.00 Å². The maximum absolute atomic E-state index is 11.9. The molecular weight excluding hydrogens is 300 g/mol. The van der Waals surface area contributed by atoms with Gasteiger partial charge >= 0.3 is 5.97 Å². The predicted octanol–water partition coefficient (Wildman–Crippen LogP) is 3.47. The molecule has 0 fully saturated rings. The van der Waals surface area contributed by atoms with Gasteiger partial charge in [0.05, 0.1) is 16.6 Å². The summed E-state index contributed by atoms with van der Waals surface area (Å²) in [6.45, 7) is 3.86. The summed E-state index contributed by atoms with van der Waals surface area (Å²) in [5, 5.41) is 3.76. The molecule has 7 heteroatoms. The Balaban J connectivity index is 2.12. The summed E-state index contributed by atoms with van der Waals surface area (Å²) in [4.78, 5) is 26.9. The fourth-order valence-corrected chi connectivity index (χ4v) is 2.75. The molecule has 0 aliphatic carbocycles. The number of carbonyl (C=O) groups excluding carboxylic acids is 2. The fourth-order valence-electron chi connectivity index (χ4n) is 1.62. The first-order valence-electron chi connectivity index (χ1n) is 5.94. The SMILES string of the molecule is CCOC(=O)c1sc(NC(=O)c2cc(Cl)c[nH]2)cc1C. The van der Waals surface area contributed by atoms with E-state index in [2.05, 4.69) is 10.3 Å². The predicted molar refractivity (Wildman–Crippen MR) is 78.8 cm³/mol. The van der Waals surface area contributed by atoms with Gasteiger partial charge in [-0.3, -0.25) is 4.79 Å². The number of nitrogens with one attached hydrogen (secondary N) is 2. The van der Waals surface area contributed by atoms with E-state index in [1.54, 1.807) is 19.9 Å². The molecule has 2 heterocycles. The zero-order chi connectivity index (χ0) is 14.7. The summed E-state index contributed by atoms with van der Waals surface area (Å²) in [5.74, 6) is -0.688. The van der Waals surface area contributed by atoms with Crippen molar-refractivity contribution in [3.63, 3.8) is 0 Å². The summed E-state index contributed by atoms with van der Waals surface area (Å²) in [6, 6.07) is 3.27. The zero-order valence-electron chi connectivity index (χ0n) is 11.0. The van der Waals surface area contributed by atoms with E-state index in [4.69, 9.17) is 16.3 Å². The van der Waals surface area contributed by atoms with Crippen LogP contribution in [0.15, 0.2) is 18.3 Å². The Bertz CT molecular complexity index is 648. The fraction of sp³-hybridized carbons (Fsp3) is 0.231. The average Bonchev–Trinajstić information content (AvgIpc) is 2.96. The molecule has 0 aliphatic heterocycles. The second-order valence-electron chi connectivity index (χ2n) is 4.03. The average molecular weight is 313 g/mol. The van der Waals surface area contributed by atoms with Crippen molar-refractivity contribution >= 4 is 39.8 Å². The van der Waals surface area contributed by atoms with Crippen molar-refractivity contribution in [2.45, 2.75) is 13.8 Å². The van der Waals surface area contributed by atoms with Gasteiger partial charge in [-0.15, -0.1) is 11.3 Å². The topological polar surface area (TPSA) is 71.2 Å². The number of anilines is 1. The Labute approximate surface area is 124 Å². The van der Waals surface area contributed by atoms with Crippen molar-refractivity contribution in [3.8, 4) is 0 Å². The summed E-state index contributed by atoms with van der Waals surface area (Å²) < 4.78 is 4.95. The van der Waals surface area contributed by atoms with Crippen LogP contribution in [0.5, 0.6) is 0 Å². The van der Waals surface area contributed by atoms with Gasteiger partial charge in [0.1, 0.15) is 10.6 Å². The number of aromatic nitrogens is 1. The van der Waals surface area contributed by atoms with Crippen molar-refractivity contribution in [2.75, 3.05) is 11.9 Å². The van der Waals surface area contributed by atoms with Crippen LogP contribution < -0.4 is 5.32 Å². The molecule has 2 N–H and O–H groups in total. The number of amides is 1. The van der Waals surface area contributed by atoms with Gasteiger partial charge in [0, 0.05) is 6.20 Å². The first-order chi connectivity index (χ1) is 9.51. The molecule has 5 nitrogen and oxygen atoms in total. The monoisotopic (exact) mass is 312 g/mol. The van der Waals surface area contributed by atoms with E-state index in [0.717, 1.165) is 5.56 Å². The number of carbonyl (C=O) groups is 2. The number of rotatable bonds is 4. The van der Waals surface area contributed by atoms with E-state index in [9.17, 15) is 9.59 Å². The van der Waals surface area contributed by atoms with Gasteiger partial charge in [-0.2, -0.15) is 0 Å². The molecule has 0 radical (unpaired) electrons. The number of esters is 1. The second-order valence-corrected chi connectivity index (χ2v) is 5.52. The molecule has 0 spiro atoms. The van der Waals surface area contributed by atoms with Gasteiger partial charge in [0.2, 0.25) is 0 Å². The van der Waals surface area contributed by atoms with Crippen LogP contribution in [-0.2, 0) is 4.74 Å². The van der Waals surface area contributed by atoms with Crippen LogP contribution in [0, 0.1) is 6.92 Å². The van der Waals surface area contributed by atoms with Gasteiger partial charge < -0.3 is 15.0 Å². The third-order valence-corrected chi connectivity index (χ3v) is 3.86. The van der Waals surface area contributed by atoms with E-state index < -0.39 is 0 Å². The first kappa shape index (κ1) is 14.6. The maximum Gasteiger partial charge on any atom is 0.348 e. The highest BCUT2D eigenvalue weighted by atomic mass is 35.5. The lowest BCUT2D eigenvalue weighted by atomic mass is 10.3. The maximum atomic E-state index is 11.9. The lowest BCUT2D eigenvalue weighted by Crippen LogP contribution is -2.11. The van der Waals surface area contributed by atoms with Gasteiger partial charge in [-0.1, -0.05) is 11.6 Å². The normalized spacial score (nSPS) is 10.3. The van der Waals surface area contributed by atoms with E-state index in [0.29, 0.717) is 27.2 Å². The second kappa shape index (κ2) is 6.11. The minimum atomic E-state index is -0.376. The third kappa shape index (κ3) is 3.20. The quantitative estimate of drug-likeness (QED) is 0.849. The number of aryl methyl sites for hydroxylation is 1. The number of H-pyrrole nitrogens is 1. The summed E-state index contributed by atoms with van der Waals surface area (Å²) in [5.41, 5.74) is 1.13. The molecule has 0 unspecified atom stereocenters. The van der Waals surface area contributed by atoms with Crippen LogP contribution in [0.2, 0.25) is 5.02 Å². The molecule has 106 valence electrons. The number of aromatic amines is 1. The Hall–Kier alpha value is -1.79. The minimum absolute atomic E-state index is 0.312. The highest BCUT2D eigenvalue weighted by molar-refractivity contribution is 7.18. The Morgan fingerprint density at radius 3 is 2.80 bits per heavy atom. The molecule has 0 saturated heterocycles. The Kier molecular flexibility index (Phi) is 4.46. The largest absolute Gasteiger partial charge is 0.462 e. The molecule has 0 aliphatic rings. The Morgan fingerprint density at radius 2 is 2.20 bits per heavy atom. The number of thiophene rings is 1. The van der Waals surface area contributed by atoms with Gasteiger partial charge in [-0.05, 0) is 31.5 Å². The van der Waals surface area contributed by atoms with Crippen molar-refractivity contribution in [2.24, 2.45) is 0 Å². The molecule has 0 bridgehead atoms. The van der Waals surface area contributed by atoms with Gasteiger partial charge in [0.25, 0.3) is 5.91 Å². The molecule has 2 rings (SSSR count). The third-order valence-electron chi connectivity index (χ3n) is 2.51. The van der Waals surface area contributed by atoms with E-state index in [-0.39, 0.29) is 11.9 Å². The number of hydrogen-bond donors (Lipinski definition) is 2. The van der Waals surface area contributed by atoms with Crippen LogP contribution in [0.1, 0.15) is 32.6 Å².